The van der Waals surface area contributed by atoms with Crippen LogP contribution in [0.5, 0.6) is 0 Å². The number of nitrogens with zero attached hydrogens (tertiary/aromatic N) is 2. The summed E-state index contributed by atoms with van der Waals surface area (Å²) in [6, 6.07) is -0.0497. The second-order valence-corrected chi connectivity index (χ2v) is 7.51. The molecule has 1 heterocycles. The van der Waals surface area contributed by atoms with Crippen LogP contribution in [0.4, 0.5) is 4.79 Å². The van der Waals surface area contributed by atoms with E-state index in [0.29, 0.717) is 0 Å². The molecule has 1 saturated carbocycles. The summed E-state index contributed by atoms with van der Waals surface area (Å²) in [5.74, 6) is 0.775. The van der Waals surface area contributed by atoms with Crippen LogP contribution < -0.4 is 10.6 Å². The first kappa shape index (κ1) is 17.8. The first-order valence-corrected chi connectivity index (χ1v) is 8.84. The van der Waals surface area contributed by atoms with Crippen LogP contribution in [0.25, 0.3) is 0 Å². The molecule has 23 heavy (non-hydrogen) atoms. The van der Waals surface area contributed by atoms with Gasteiger partial charge in [0, 0.05) is 23.8 Å². The first-order valence-electron chi connectivity index (χ1n) is 8.84. The van der Waals surface area contributed by atoms with Crippen LogP contribution in [0.3, 0.4) is 0 Å². The van der Waals surface area contributed by atoms with E-state index in [1.807, 2.05) is 18.7 Å². The maximum absolute atomic E-state index is 12.5. The lowest BCUT2D eigenvalue weighted by atomic mass is 9.78. The van der Waals surface area contributed by atoms with Gasteiger partial charge >= 0.3 is 6.03 Å². The molecule has 0 aromatic carbocycles. The highest BCUT2D eigenvalue weighted by Gasteiger charge is 2.31. The van der Waals surface area contributed by atoms with Crippen LogP contribution in [0.2, 0.25) is 0 Å². The molecule has 5 nitrogen and oxygen atoms in total. The lowest BCUT2D eigenvalue weighted by Crippen LogP contribution is -2.52. The fraction of sp³-hybridized carbons (Fsp3) is 0.778. The smallest absolute Gasteiger partial charge is 0.315 e. The van der Waals surface area contributed by atoms with Gasteiger partial charge in [0.05, 0.1) is 11.7 Å². The molecule has 130 valence electrons. The van der Waals surface area contributed by atoms with Crippen molar-refractivity contribution in [3.05, 3.63) is 17.0 Å². The number of hydrogen-bond acceptors (Lipinski definition) is 2. The van der Waals surface area contributed by atoms with Gasteiger partial charge in [-0.05, 0) is 58.8 Å². The third-order valence-corrected chi connectivity index (χ3v) is 5.42. The number of hydrogen-bond donors (Lipinski definition) is 2. The number of carbonyl (C=O) groups is 1. The van der Waals surface area contributed by atoms with E-state index in [4.69, 9.17) is 0 Å². The Hall–Kier alpha value is -1.52. The number of carbonyl (C=O) groups excluding carboxylic acids is 1. The molecule has 0 spiro atoms. The molecule has 5 heteroatoms. The number of nitrogens with one attached hydrogen (secondary N) is 2. The highest BCUT2D eigenvalue weighted by molar-refractivity contribution is 5.75. The standard InChI is InChI=1S/C18H32N4O/c1-7-15(16-13(3)21-22(6)14(16)4)19-17(23)20-18(5)10-8-12(2)9-11-18/h12,15H,7-11H2,1-6H3,(H2,19,20,23). The molecule has 2 rings (SSSR count). The van der Waals surface area contributed by atoms with Crippen molar-refractivity contribution in [3.63, 3.8) is 0 Å². The van der Waals surface area contributed by atoms with E-state index in [9.17, 15) is 4.79 Å². The average molecular weight is 320 g/mol. The summed E-state index contributed by atoms with van der Waals surface area (Å²) in [7, 11) is 1.95. The highest BCUT2D eigenvalue weighted by atomic mass is 16.2. The quantitative estimate of drug-likeness (QED) is 0.887. The number of urea groups is 1. The van der Waals surface area contributed by atoms with Gasteiger partial charge < -0.3 is 10.6 Å². The molecule has 1 aromatic rings. The molecule has 2 N–H and O–H groups in total. The Balaban J connectivity index is 2.03. The lowest BCUT2D eigenvalue weighted by Gasteiger charge is -2.37. The molecular weight excluding hydrogens is 288 g/mol. The molecule has 1 aliphatic carbocycles. The van der Waals surface area contributed by atoms with Crippen molar-refractivity contribution >= 4 is 6.03 Å². The van der Waals surface area contributed by atoms with E-state index in [1.54, 1.807) is 0 Å². The molecule has 1 unspecified atom stereocenters. The Morgan fingerprint density at radius 1 is 1.39 bits per heavy atom. The van der Waals surface area contributed by atoms with Crippen LogP contribution in [0.1, 0.15) is 75.9 Å². The zero-order chi connectivity index (χ0) is 17.2. The third kappa shape index (κ3) is 4.06. The predicted molar refractivity (Wildman–Crippen MR) is 93.4 cm³/mol. The van der Waals surface area contributed by atoms with E-state index in [1.165, 1.54) is 12.8 Å². The minimum absolute atomic E-state index is 0.00909. The van der Waals surface area contributed by atoms with E-state index in [-0.39, 0.29) is 17.6 Å². The van der Waals surface area contributed by atoms with Gasteiger partial charge in [-0.25, -0.2) is 4.79 Å². The fourth-order valence-electron chi connectivity index (χ4n) is 3.67. The molecule has 0 saturated heterocycles. The fourth-order valence-corrected chi connectivity index (χ4v) is 3.67. The second-order valence-electron chi connectivity index (χ2n) is 7.51. The Morgan fingerprint density at radius 2 is 2.00 bits per heavy atom. The number of aryl methyl sites for hydroxylation is 2. The molecular formula is C18H32N4O. The van der Waals surface area contributed by atoms with Crippen LogP contribution in [-0.2, 0) is 7.05 Å². The molecule has 0 radical (unpaired) electrons. The first-order chi connectivity index (χ1) is 10.8. The second kappa shape index (κ2) is 6.93. The van der Waals surface area contributed by atoms with Crippen molar-refractivity contribution in [1.82, 2.24) is 20.4 Å². The summed E-state index contributed by atoms with van der Waals surface area (Å²) in [4.78, 5) is 12.5. The predicted octanol–water partition coefficient (Wildman–Crippen LogP) is 3.76. The summed E-state index contributed by atoms with van der Waals surface area (Å²) >= 11 is 0. The number of amides is 2. The summed E-state index contributed by atoms with van der Waals surface area (Å²) < 4.78 is 1.89. The van der Waals surface area contributed by atoms with Gasteiger partial charge in [-0.15, -0.1) is 0 Å². The van der Waals surface area contributed by atoms with E-state index < -0.39 is 0 Å². The number of aromatic nitrogens is 2. The van der Waals surface area contributed by atoms with Gasteiger partial charge in [0.15, 0.2) is 0 Å². The maximum atomic E-state index is 12.5. The lowest BCUT2D eigenvalue weighted by molar-refractivity contribution is 0.193. The van der Waals surface area contributed by atoms with Crippen molar-refractivity contribution in [2.75, 3.05) is 0 Å². The highest BCUT2D eigenvalue weighted by Crippen LogP contribution is 2.31. The maximum Gasteiger partial charge on any atom is 0.315 e. The van der Waals surface area contributed by atoms with Crippen LogP contribution in [-0.4, -0.2) is 21.4 Å². The minimum atomic E-state index is -0.0755. The Morgan fingerprint density at radius 3 is 2.48 bits per heavy atom. The Bertz CT molecular complexity index is 556. The van der Waals surface area contributed by atoms with Gasteiger partial charge in [-0.1, -0.05) is 13.8 Å². The summed E-state index contributed by atoms with van der Waals surface area (Å²) in [6.45, 7) is 10.6. The Labute approximate surface area is 140 Å². The van der Waals surface area contributed by atoms with Crippen LogP contribution in [0, 0.1) is 19.8 Å². The van der Waals surface area contributed by atoms with Gasteiger partial charge in [0.1, 0.15) is 0 Å². The molecule has 1 fully saturated rings. The summed E-state index contributed by atoms with van der Waals surface area (Å²) in [6.07, 6.45) is 5.35. The summed E-state index contributed by atoms with van der Waals surface area (Å²) in [5, 5.41) is 10.8. The molecule has 1 atom stereocenters. The molecule has 1 aliphatic rings. The van der Waals surface area contributed by atoms with Crippen molar-refractivity contribution < 1.29 is 4.79 Å². The van der Waals surface area contributed by atoms with Gasteiger partial charge in [0.25, 0.3) is 0 Å². The van der Waals surface area contributed by atoms with Crippen LogP contribution in [0.15, 0.2) is 0 Å². The van der Waals surface area contributed by atoms with Gasteiger partial charge in [-0.3, -0.25) is 4.68 Å². The van der Waals surface area contributed by atoms with E-state index >= 15 is 0 Å². The minimum Gasteiger partial charge on any atom is -0.333 e. The zero-order valence-electron chi connectivity index (χ0n) is 15.5. The monoisotopic (exact) mass is 320 g/mol. The van der Waals surface area contributed by atoms with Crippen molar-refractivity contribution in [2.24, 2.45) is 13.0 Å². The average Bonchev–Trinajstić information content (AvgIpc) is 2.73. The van der Waals surface area contributed by atoms with Crippen molar-refractivity contribution in [2.45, 2.75) is 78.3 Å². The normalized spacial score (nSPS) is 25.9. The largest absolute Gasteiger partial charge is 0.333 e. The van der Waals surface area contributed by atoms with Gasteiger partial charge in [-0.2, -0.15) is 5.10 Å². The SMILES string of the molecule is CCC(NC(=O)NC1(C)CCC(C)CC1)c1c(C)nn(C)c1C. The third-order valence-electron chi connectivity index (χ3n) is 5.42. The molecule has 0 bridgehead atoms. The van der Waals surface area contributed by atoms with E-state index in [0.717, 1.165) is 42.1 Å². The van der Waals surface area contributed by atoms with Crippen molar-refractivity contribution in [1.29, 1.82) is 0 Å². The zero-order valence-corrected chi connectivity index (χ0v) is 15.5. The topological polar surface area (TPSA) is 59.0 Å². The Kier molecular flexibility index (Phi) is 5.37. The summed E-state index contributed by atoms with van der Waals surface area (Å²) in [5.41, 5.74) is 3.18. The molecule has 2 amide bonds. The van der Waals surface area contributed by atoms with Gasteiger partial charge in [0.2, 0.25) is 0 Å². The van der Waals surface area contributed by atoms with Crippen LogP contribution >= 0.6 is 0 Å². The molecule has 1 aromatic heterocycles. The number of rotatable bonds is 4. The van der Waals surface area contributed by atoms with E-state index in [2.05, 4.69) is 43.4 Å². The van der Waals surface area contributed by atoms with Crippen molar-refractivity contribution in [3.8, 4) is 0 Å². The molecule has 0 aliphatic heterocycles.